The summed E-state index contributed by atoms with van der Waals surface area (Å²) in [6, 6.07) is 2.26. The lowest BCUT2D eigenvalue weighted by atomic mass is 10.0. The summed E-state index contributed by atoms with van der Waals surface area (Å²) < 4.78 is 0. The van der Waals surface area contributed by atoms with Crippen LogP contribution in [0.25, 0.3) is 0 Å². The van der Waals surface area contributed by atoms with Gasteiger partial charge in [0.2, 0.25) is 0 Å². The van der Waals surface area contributed by atoms with Crippen LogP contribution in [0, 0.1) is 0 Å². The summed E-state index contributed by atoms with van der Waals surface area (Å²) in [5.74, 6) is 0. The van der Waals surface area contributed by atoms with E-state index < -0.39 is 0 Å². The molecule has 2 fully saturated rings. The number of rotatable bonds is 3. The van der Waals surface area contributed by atoms with Gasteiger partial charge in [0, 0.05) is 37.8 Å². The Morgan fingerprint density at radius 3 is 2.62 bits per heavy atom. The molecule has 0 amide bonds. The van der Waals surface area contributed by atoms with Gasteiger partial charge in [-0.15, -0.1) is 0 Å². The SMILES string of the molecule is CC(C)N1CCC(N(C)C2CCCNC2)C1. The van der Waals surface area contributed by atoms with E-state index in [0.717, 1.165) is 12.1 Å². The van der Waals surface area contributed by atoms with Gasteiger partial charge in [-0.3, -0.25) is 9.80 Å². The minimum absolute atomic E-state index is 0.711. The Kier molecular flexibility index (Phi) is 4.22. The first-order valence-corrected chi connectivity index (χ1v) is 6.85. The van der Waals surface area contributed by atoms with Crippen molar-refractivity contribution in [2.75, 3.05) is 33.2 Å². The maximum atomic E-state index is 3.52. The van der Waals surface area contributed by atoms with E-state index in [-0.39, 0.29) is 0 Å². The number of hydrogen-bond acceptors (Lipinski definition) is 3. The zero-order chi connectivity index (χ0) is 11.5. The molecular formula is C13H27N3. The fourth-order valence-corrected chi connectivity index (χ4v) is 3.05. The molecule has 0 aromatic rings. The third-order valence-corrected chi connectivity index (χ3v) is 4.35. The predicted octanol–water partition coefficient (Wildman–Crippen LogP) is 1.15. The highest BCUT2D eigenvalue weighted by atomic mass is 15.3. The second kappa shape index (κ2) is 5.48. The van der Waals surface area contributed by atoms with E-state index in [1.165, 1.54) is 45.4 Å². The minimum atomic E-state index is 0.711. The number of nitrogens with zero attached hydrogens (tertiary/aromatic N) is 2. The molecule has 2 aliphatic heterocycles. The molecule has 2 saturated heterocycles. The molecular weight excluding hydrogens is 198 g/mol. The largest absolute Gasteiger partial charge is 0.315 e. The van der Waals surface area contributed by atoms with Crippen LogP contribution in [0.5, 0.6) is 0 Å². The molecule has 0 radical (unpaired) electrons. The lowest BCUT2D eigenvalue weighted by Crippen LogP contribution is -2.49. The maximum Gasteiger partial charge on any atom is 0.0235 e. The molecule has 0 saturated carbocycles. The second-order valence-electron chi connectivity index (χ2n) is 5.70. The van der Waals surface area contributed by atoms with Gasteiger partial charge in [0.25, 0.3) is 0 Å². The highest BCUT2D eigenvalue weighted by Gasteiger charge is 2.30. The van der Waals surface area contributed by atoms with Gasteiger partial charge in [-0.25, -0.2) is 0 Å². The van der Waals surface area contributed by atoms with Crippen LogP contribution in [0.2, 0.25) is 0 Å². The quantitative estimate of drug-likeness (QED) is 0.777. The van der Waals surface area contributed by atoms with E-state index in [9.17, 15) is 0 Å². The van der Waals surface area contributed by atoms with Crippen LogP contribution in [0.4, 0.5) is 0 Å². The predicted molar refractivity (Wildman–Crippen MR) is 68.8 cm³/mol. The molecule has 0 bridgehead atoms. The van der Waals surface area contributed by atoms with Crippen LogP contribution in [0.3, 0.4) is 0 Å². The fourth-order valence-electron chi connectivity index (χ4n) is 3.05. The van der Waals surface area contributed by atoms with Crippen LogP contribution >= 0.6 is 0 Å². The minimum Gasteiger partial charge on any atom is -0.315 e. The lowest BCUT2D eigenvalue weighted by molar-refractivity contribution is 0.142. The highest BCUT2D eigenvalue weighted by molar-refractivity contribution is 4.88. The monoisotopic (exact) mass is 225 g/mol. The molecule has 2 unspecified atom stereocenters. The van der Waals surface area contributed by atoms with Crippen molar-refractivity contribution < 1.29 is 0 Å². The van der Waals surface area contributed by atoms with Crippen LogP contribution < -0.4 is 5.32 Å². The van der Waals surface area contributed by atoms with E-state index in [1.54, 1.807) is 0 Å². The Balaban J connectivity index is 1.83. The van der Waals surface area contributed by atoms with Gasteiger partial charge < -0.3 is 5.32 Å². The number of nitrogens with one attached hydrogen (secondary N) is 1. The van der Waals surface area contributed by atoms with E-state index in [4.69, 9.17) is 0 Å². The molecule has 0 aliphatic carbocycles. The molecule has 94 valence electrons. The van der Waals surface area contributed by atoms with E-state index in [2.05, 4.69) is 36.0 Å². The third kappa shape index (κ3) is 2.76. The molecule has 0 aromatic carbocycles. The van der Waals surface area contributed by atoms with Crippen molar-refractivity contribution in [3.05, 3.63) is 0 Å². The molecule has 16 heavy (non-hydrogen) atoms. The van der Waals surface area contributed by atoms with Gasteiger partial charge in [-0.2, -0.15) is 0 Å². The van der Waals surface area contributed by atoms with Crippen molar-refractivity contribution in [1.29, 1.82) is 0 Å². The Morgan fingerprint density at radius 1 is 1.25 bits per heavy atom. The zero-order valence-corrected chi connectivity index (χ0v) is 11.1. The van der Waals surface area contributed by atoms with Crippen molar-refractivity contribution in [2.45, 2.75) is 51.2 Å². The number of likely N-dealkylation sites (N-methyl/N-ethyl adjacent to an activating group) is 1. The number of likely N-dealkylation sites (tertiary alicyclic amines) is 1. The smallest absolute Gasteiger partial charge is 0.0235 e. The van der Waals surface area contributed by atoms with Crippen molar-refractivity contribution >= 4 is 0 Å². The zero-order valence-electron chi connectivity index (χ0n) is 11.1. The maximum absolute atomic E-state index is 3.52. The Bertz CT molecular complexity index is 211. The van der Waals surface area contributed by atoms with E-state index in [1.807, 2.05) is 0 Å². The molecule has 0 aromatic heterocycles. The van der Waals surface area contributed by atoms with Crippen molar-refractivity contribution in [3.63, 3.8) is 0 Å². The average molecular weight is 225 g/mol. The molecule has 2 heterocycles. The van der Waals surface area contributed by atoms with Crippen LogP contribution in [0.15, 0.2) is 0 Å². The molecule has 2 aliphatic rings. The van der Waals surface area contributed by atoms with Crippen molar-refractivity contribution in [2.24, 2.45) is 0 Å². The van der Waals surface area contributed by atoms with E-state index in [0.29, 0.717) is 6.04 Å². The van der Waals surface area contributed by atoms with Crippen LogP contribution in [-0.2, 0) is 0 Å². The standard InChI is InChI=1S/C13H27N3/c1-11(2)16-8-6-13(10-16)15(3)12-5-4-7-14-9-12/h11-14H,4-10H2,1-3H3. The highest BCUT2D eigenvalue weighted by Crippen LogP contribution is 2.20. The van der Waals surface area contributed by atoms with Gasteiger partial charge in [-0.1, -0.05) is 0 Å². The molecule has 2 rings (SSSR count). The molecule has 1 N–H and O–H groups in total. The lowest BCUT2D eigenvalue weighted by Gasteiger charge is -2.36. The summed E-state index contributed by atoms with van der Waals surface area (Å²) >= 11 is 0. The summed E-state index contributed by atoms with van der Waals surface area (Å²) in [4.78, 5) is 5.24. The summed E-state index contributed by atoms with van der Waals surface area (Å²) in [6.45, 7) is 9.58. The second-order valence-corrected chi connectivity index (χ2v) is 5.70. The summed E-state index contributed by atoms with van der Waals surface area (Å²) in [7, 11) is 2.33. The van der Waals surface area contributed by atoms with Crippen molar-refractivity contribution in [1.82, 2.24) is 15.1 Å². The Labute approximate surface area is 100 Å². The first kappa shape index (κ1) is 12.3. The van der Waals surface area contributed by atoms with Crippen molar-refractivity contribution in [3.8, 4) is 0 Å². The van der Waals surface area contributed by atoms with Gasteiger partial charge >= 0.3 is 0 Å². The van der Waals surface area contributed by atoms with Gasteiger partial charge in [0.05, 0.1) is 0 Å². The van der Waals surface area contributed by atoms with Crippen LogP contribution in [-0.4, -0.2) is 61.2 Å². The number of hydrogen-bond donors (Lipinski definition) is 1. The first-order chi connectivity index (χ1) is 7.68. The van der Waals surface area contributed by atoms with Crippen LogP contribution in [0.1, 0.15) is 33.1 Å². The molecule has 3 heteroatoms. The summed E-state index contributed by atoms with van der Waals surface area (Å²) in [5, 5.41) is 3.52. The van der Waals surface area contributed by atoms with Gasteiger partial charge in [0.1, 0.15) is 0 Å². The van der Waals surface area contributed by atoms with Gasteiger partial charge in [-0.05, 0) is 46.7 Å². The molecule has 0 spiro atoms. The number of piperidine rings is 1. The topological polar surface area (TPSA) is 18.5 Å². The molecule has 3 nitrogen and oxygen atoms in total. The molecule has 2 atom stereocenters. The summed E-state index contributed by atoms with van der Waals surface area (Å²) in [5.41, 5.74) is 0. The van der Waals surface area contributed by atoms with E-state index >= 15 is 0 Å². The first-order valence-electron chi connectivity index (χ1n) is 6.85. The Hall–Kier alpha value is -0.120. The average Bonchev–Trinajstić information content (AvgIpc) is 2.78. The van der Waals surface area contributed by atoms with Gasteiger partial charge in [0.15, 0.2) is 0 Å². The summed E-state index contributed by atoms with van der Waals surface area (Å²) in [6.07, 6.45) is 4.07. The fraction of sp³-hybridized carbons (Fsp3) is 1.00. The third-order valence-electron chi connectivity index (χ3n) is 4.35. The normalized spacial score (nSPS) is 32.8. The Morgan fingerprint density at radius 2 is 2.06 bits per heavy atom.